The molecule has 0 bridgehead atoms. The van der Waals surface area contributed by atoms with Gasteiger partial charge in [-0.05, 0) is 49.2 Å². The van der Waals surface area contributed by atoms with Crippen LogP contribution in [0.4, 0.5) is 18.9 Å². The maximum atomic E-state index is 12.8. The summed E-state index contributed by atoms with van der Waals surface area (Å²) in [5.74, 6) is 0.749. The third-order valence-electron chi connectivity index (χ3n) is 4.99. The lowest BCUT2D eigenvalue weighted by Crippen LogP contribution is -2.36. The normalized spacial score (nSPS) is 18.3. The highest BCUT2D eigenvalue weighted by Crippen LogP contribution is 2.32. The smallest absolute Gasteiger partial charge is 0.416 e. The van der Waals surface area contributed by atoms with Gasteiger partial charge in [-0.25, -0.2) is 4.99 Å². The molecule has 0 saturated carbocycles. The molecule has 0 aromatic heterocycles. The predicted octanol–water partition coefficient (Wildman–Crippen LogP) is 3.85. The number of aliphatic imine (C=N–C) groups is 1. The summed E-state index contributed by atoms with van der Waals surface area (Å²) in [5.41, 5.74) is -0.143. The molecule has 2 aliphatic heterocycles. The standard InChI is InChI=1S/C22H22F3N3O4/c23-22(24,25)15-5-3-14(4-6-15)20(29)28-21(26-13-17-2-1-9-30-17)27-16-7-8-18-19(12-16)32-11-10-31-18/h3-8,12,17H,1-2,9-11,13H2,(H2,26,27,28,29)/t17-/m0/s1. The van der Waals surface area contributed by atoms with Gasteiger partial charge in [-0.15, -0.1) is 0 Å². The molecule has 1 fully saturated rings. The fourth-order valence-electron chi connectivity index (χ4n) is 3.34. The molecule has 1 atom stereocenters. The van der Waals surface area contributed by atoms with Crippen LogP contribution in [0.15, 0.2) is 47.5 Å². The Hall–Kier alpha value is -3.27. The number of hydrogen-bond acceptors (Lipinski definition) is 5. The Labute approximate surface area is 182 Å². The van der Waals surface area contributed by atoms with E-state index >= 15 is 0 Å². The van der Waals surface area contributed by atoms with Gasteiger partial charge in [-0.1, -0.05) is 0 Å². The Morgan fingerprint density at radius 2 is 1.78 bits per heavy atom. The molecule has 0 aliphatic carbocycles. The molecule has 2 aromatic rings. The van der Waals surface area contributed by atoms with Crippen LogP contribution in [0.5, 0.6) is 11.5 Å². The summed E-state index contributed by atoms with van der Waals surface area (Å²) >= 11 is 0. The van der Waals surface area contributed by atoms with Crippen LogP contribution in [0.2, 0.25) is 0 Å². The average Bonchev–Trinajstić information content (AvgIpc) is 3.30. The molecule has 7 nitrogen and oxygen atoms in total. The van der Waals surface area contributed by atoms with Gasteiger partial charge in [-0.3, -0.25) is 10.1 Å². The molecule has 0 spiro atoms. The van der Waals surface area contributed by atoms with Crippen molar-refractivity contribution >= 4 is 17.6 Å². The van der Waals surface area contributed by atoms with Crippen molar-refractivity contribution < 1.29 is 32.2 Å². The minimum atomic E-state index is -4.47. The lowest BCUT2D eigenvalue weighted by molar-refractivity contribution is -0.137. The van der Waals surface area contributed by atoms with Gasteiger partial charge in [0.2, 0.25) is 5.96 Å². The van der Waals surface area contributed by atoms with E-state index in [1.165, 1.54) is 0 Å². The number of carbonyl (C=O) groups is 1. The van der Waals surface area contributed by atoms with Gasteiger partial charge >= 0.3 is 6.18 Å². The number of carbonyl (C=O) groups excluding carboxylic acids is 1. The van der Waals surface area contributed by atoms with E-state index in [1.807, 2.05) is 0 Å². The summed E-state index contributed by atoms with van der Waals surface area (Å²) in [7, 11) is 0. The van der Waals surface area contributed by atoms with Gasteiger partial charge in [0.05, 0.1) is 18.2 Å². The molecule has 1 saturated heterocycles. The quantitative estimate of drug-likeness (QED) is 0.548. The first-order valence-electron chi connectivity index (χ1n) is 10.2. The van der Waals surface area contributed by atoms with Gasteiger partial charge in [0, 0.05) is 23.9 Å². The molecule has 0 radical (unpaired) electrons. The van der Waals surface area contributed by atoms with Crippen molar-refractivity contribution in [3.05, 3.63) is 53.6 Å². The molecule has 2 aliphatic rings. The third-order valence-corrected chi connectivity index (χ3v) is 4.99. The number of alkyl halides is 3. The second-order valence-electron chi connectivity index (χ2n) is 7.34. The summed E-state index contributed by atoms with van der Waals surface area (Å²) in [6.45, 7) is 1.90. The van der Waals surface area contributed by atoms with Crippen molar-refractivity contribution in [2.45, 2.75) is 25.1 Å². The number of benzene rings is 2. The van der Waals surface area contributed by atoms with Crippen LogP contribution in [-0.2, 0) is 10.9 Å². The molecular weight excluding hydrogens is 427 g/mol. The van der Waals surface area contributed by atoms with Crippen molar-refractivity contribution in [1.29, 1.82) is 0 Å². The Morgan fingerprint density at radius 1 is 1.03 bits per heavy atom. The van der Waals surface area contributed by atoms with E-state index in [2.05, 4.69) is 15.6 Å². The van der Waals surface area contributed by atoms with Crippen molar-refractivity contribution in [3.8, 4) is 11.5 Å². The zero-order valence-corrected chi connectivity index (χ0v) is 17.1. The number of rotatable bonds is 4. The number of fused-ring (bicyclic) bond motifs is 1. The SMILES string of the molecule is O=C(NC(=NC[C@@H]1CCCO1)Nc1ccc2c(c1)OCCO2)c1ccc(C(F)(F)F)cc1. The van der Waals surface area contributed by atoms with Gasteiger partial charge < -0.3 is 19.5 Å². The van der Waals surface area contributed by atoms with Crippen LogP contribution >= 0.6 is 0 Å². The largest absolute Gasteiger partial charge is 0.486 e. The van der Waals surface area contributed by atoms with Gasteiger partial charge in [0.1, 0.15) is 13.2 Å². The van der Waals surface area contributed by atoms with E-state index in [0.717, 1.165) is 37.1 Å². The van der Waals surface area contributed by atoms with E-state index in [4.69, 9.17) is 14.2 Å². The van der Waals surface area contributed by atoms with Gasteiger partial charge in [0.15, 0.2) is 11.5 Å². The van der Waals surface area contributed by atoms with Crippen molar-refractivity contribution in [1.82, 2.24) is 5.32 Å². The van der Waals surface area contributed by atoms with E-state index in [0.29, 0.717) is 43.6 Å². The maximum absolute atomic E-state index is 12.8. The molecule has 32 heavy (non-hydrogen) atoms. The fraction of sp³-hybridized carbons (Fsp3) is 0.364. The molecule has 2 heterocycles. The second-order valence-corrected chi connectivity index (χ2v) is 7.34. The zero-order chi connectivity index (χ0) is 22.6. The monoisotopic (exact) mass is 449 g/mol. The molecular formula is C22H22F3N3O4. The predicted molar refractivity (Wildman–Crippen MR) is 111 cm³/mol. The first-order valence-corrected chi connectivity index (χ1v) is 10.2. The third kappa shape index (κ3) is 5.50. The minimum Gasteiger partial charge on any atom is -0.486 e. The molecule has 1 amide bonds. The molecule has 0 unspecified atom stereocenters. The Morgan fingerprint density at radius 3 is 2.47 bits per heavy atom. The number of amides is 1. The summed E-state index contributed by atoms with van der Waals surface area (Å²) in [6, 6.07) is 9.20. The molecule has 2 N–H and O–H groups in total. The highest BCUT2D eigenvalue weighted by molar-refractivity contribution is 6.10. The summed E-state index contributed by atoms with van der Waals surface area (Å²) in [6.07, 6.45) is -2.70. The first-order chi connectivity index (χ1) is 15.4. The summed E-state index contributed by atoms with van der Waals surface area (Å²) in [5, 5.41) is 5.67. The Kier molecular flexibility index (Phi) is 6.50. The molecule has 10 heteroatoms. The van der Waals surface area contributed by atoms with E-state index < -0.39 is 17.6 Å². The summed E-state index contributed by atoms with van der Waals surface area (Å²) in [4.78, 5) is 17.1. The second kappa shape index (κ2) is 9.47. The average molecular weight is 449 g/mol. The van der Waals surface area contributed by atoms with Crippen LogP contribution in [0.3, 0.4) is 0 Å². The number of nitrogens with one attached hydrogen (secondary N) is 2. The van der Waals surface area contributed by atoms with Crippen LogP contribution in [0, 0.1) is 0 Å². The van der Waals surface area contributed by atoms with Crippen LogP contribution in [0.1, 0.15) is 28.8 Å². The summed E-state index contributed by atoms with van der Waals surface area (Å²) < 4.78 is 55.0. The maximum Gasteiger partial charge on any atom is 0.416 e. The Balaban J connectivity index is 1.50. The number of hydrogen-bond donors (Lipinski definition) is 2. The van der Waals surface area contributed by atoms with E-state index in [1.54, 1.807) is 18.2 Å². The van der Waals surface area contributed by atoms with Crippen molar-refractivity contribution in [2.75, 3.05) is 31.7 Å². The molecule has 4 rings (SSSR count). The number of ether oxygens (including phenoxy) is 3. The fourth-order valence-corrected chi connectivity index (χ4v) is 3.34. The number of guanidine groups is 1. The molecule has 170 valence electrons. The van der Waals surface area contributed by atoms with E-state index in [-0.39, 0.29) is 17.6 Å². The van der Waals surface area contributed by atoms with Gasteiger partial charge in [0.25, 0.3) is 5.91 Å². The Bertz CT molecular complexity index is 987. The van der Waals surface area contributed by atoms with E-state index in [9.17, 15) is 18.0 Å². The minimum absolute atomic E-state index is 0.0463. The lowest BCUT2D eigenvalue weighted by atomic mass is 10.1. The van der Waals surface area contributed by atoms with Crippen LogP contribution < -0.4 is 20.1 Å². The number of nitrogens with zero attached hydrogens (tertiary/aromatic N) is 1. The van der Waals surface area contributed by atoms with Crippen LogP contribution in [0.25, 0.3) is 0 Å². The van der Waals surface area contributed by atoms with Crippen molar-refractivity contribution in [3.63, 3.8) is 0 Å². The number of halogens is 3. The highest BCUT2D eigenvalue weighted by Gasteiger charge is 2.30. The lowest BCUT2D eigenvalue weighted by Gasteiger charge is -2.19. The highest BCUT2D eigenvalue weighted by atomic mass is 19.4. The van der Waals surface area contributed by atoms with Crippen LogP contribution in [-0.4, -0.2) is 44.3 Å². The first kappa shape index (κ1) is 21.9. The van der Waals surface area contributed by atoms with Gasteiger partial charge in [-0.2, -0.15) is 13.2 Å². The number of anilines is 1. The topological polar surface area (TPSA) is 81.2 Å². The zero-order valence-electron chi connectivity index (χ0n) is 17.1. The molecule has 2 aromatic carbocycles. The van der Waals surface area contributed by atoms with Crippen molar-refractivity contribution in [2.24, 2.45) is 4.99 Å².